The van der Waals surface area contributed by atoms with Crippen molar-refractivity contribution in [3.8, 4) is 0 Å². The minimum Gasteiger partial charge on any atom is -0.507 e. The van der Waals surface area contributed by atoms with Crippen LogP contribution in [0.4, 0.5) is 20.2 Å². The number of amides is 1. The Morgan fingerprint density at radius 3 is 2.15 bits per heavy atom. The van der Waals surface area contributed by atoms with Crippen LogP contribution in [0.15, 0.2) is 72.3 Å². The van der Waals surface area contributed by atoms with E-state index in [1.165, 1.54) is 6.07 Å². The maximum Gasteiger partial charge on any atom is 0.300 e. The summed E-state index contributed by atoms with van der Waals surface area (Å²) in [6.07, 6.45) is 0.805. The van der Waals surface area contributed by atoms with E-state index >= 15 is 0 Å². The molecule has 5 nitrogen and oxygen atoms in total. The highest BCUT2D eigenvalue weighted by Gasteiger charge is 2.47. The lowest BCUT2D eigenvalue weighted by Gasteiger charge is -2.26. The number of hydrogen-bond acceptors (Lipinski definition) is 4. The summed E-state index contributed by atoms with van der Waals surface area (Å²) in [6.45, 7) is 2.00. The van der Waals surface area contributed by atoms with E-state index in [1.807, 2.05) is 50.2 Å². The Kier molecular flexibility index (Phi) is 6.20. The third-order valence-corrected chi connectivity index (χ3v) is 5.99. The van der Waals surface area contributed by atoms with Gasteiger partial charge in [-0.25, -0.2) is 8.78 Å². The molecule has 1 atom stereocenters. The number of benzene rings is 3. The smallest absolute Gasteiger partial charge is 0.300 e. The van der Waals surface area contributed by atoms with Crippen LogP contribution in [0.1, 0.15) is 29.7 Å². The van der Waals surface area contributed by atoms with Gasteiger partial charge in [0.2, 0.25) is 0 Å². The number of rotatable bonds is 5. The second kappa shape index (κ2) is 9.09. The molecule has 1 aliphatic heterocycles. The highest BCUT2D eigenvalue weighted by atomic mass is 19.2. The summed E-state index contributed by atoms with van der Waals surface area (Å²) in [5, 5.41) is 11.1. The number of anilines is 2. The van der Waals surface area contributed by atoms with Gasteiger partial charge in [0.05, 0.1) is 11.6 Å². The van der Waals surface area contributed by atoms with Crippen molar-refractivity contribution in [2.75, 3.05) is 23.9 Å². The highest BCUT2D eigenvalue weighted by molar-refractivity contribution is 6.51. The maximum absolute atomic E-state index is 14.1. The van der Waals surface area contributed by atoms with Crippen molar-refractivity contribution in [2.24, 2.45) is 0 Å². The summed E-state index contributed by atoms with van der Waals surface area (Å²) >= 11 is 0. The molecule has 0 aromatic heterocycles. The zero-order valence-electron chi connectivity index (χ0n) is 19.0. The lowest BCUT2D eigenvalue weighted by Crippen LogP contribution is -2.29. The molecule has 3 aromatic carbocycles. The lowest BCUT2D eigenvalue weighted by molar-refractivity contribution is -0.132. The monoisotopic (exact) mass is 462 g/mol. The average Bonchev–Trinajstić information content (AvgIpc) is 3.11. The Balaban J connectivity index is 1.92. The van der Waals surface area contributed by atoms with Crippen molar-refractivity contribution >= 4 is 28.8 Å². The average molecular weight is 462 g/mol. The minimum absolute atomic E-state index is 0.0167. The molecule has 174 valence electrons. The van der Waals surface area contributed by atoms with Gasteiger partial charge in [0.15, 0.2) is 11.6 Å². The molecule has 0 saturated carbocycles. The van der Waals surface area contributed by atoms with Gasteiger partial charge < -0.3 is 10.0 Å². The van der Waals surface area contributed by atoms with Crippen LogP contribution in [0.3, 0.4) is 0 Å². The fourth-order valence-electron chi connectivity index (χ4n) is 4.06. The molecule has 1 heterocycles. The molecular weight excluding hydrogens is 438 g/mol. The summed E-state index contributed by atoms with van der Waals surface area (Å²) in [6, 6.07) is 16.1. The van der Waals surface area contributed by atoms with Crippen LogP contribution in [-0.2, 0) is 16.0 Å². The van der Waals surface area contributed by atoms with Gasteiger partial charge in [0, 0.05) is 37.1 Å². The van der Waals surface area contributed by atoms with Crippen molar-refractivity contribution < 1.29 is 23.5 Å². The van der Waals surface area contributed by atoms with E-state index < -0.39 is 29.4 Å². The molecule has 3 aromatic rings. The number of halogens is 2. The van der Waals surface area contributed by atoms with Crippen molar-refractivity contribution in [3.63, 3.8) is 0 Å². The first kappa shape index (κ1) is 23.2. The second-order valence-electron chi connectivity index (χ2n) is 8.30. The van der Waals surface area contributed by atoms with E-state index in [4.69, 9.17) is 0 Å². The maximum atomic E-state index is 14.1. The van der Waals surface area contributed by atoms with Gasteiger partial charge in [-0.15, -0.1) is 0 Å². The Labute approximate surface area is 196 Å². The molecule has 0 spiro atoms. The molecule has 7 heteroatoms. The van der Waals surface area contributed by atoms with E-state index in [9.17, 15) is 23.5 Å². The summed E-state index contributed by atoms with van der Waals surface area (Å²) in [4.78, 5) is 29.3. The molecule has 1 aliphatic rings. The summed E-state index contributed by atoms with van der Waals surface area (Å²) < 4.78 is 27.6. The van der Waals surface area contributed by atoms with Gasteiger partial charge in [-0.05, 0) is 41.8 Å². The summed E-state index contributed by atoms with van der Waals surface area (Å²) in [5.41, 5.74) is 2.77. The number of Topliss-reactive ketones (excluding diaryl/α,β-unsaturated/α-hetero) is 1. The van der Waals surface area contributed by atoms with Crippen LogP contribution in [-0.4, -0.2) is 30.9 Å². The van der Waals surface area contributed by atoms with Crippen molar-refractivity contribution in [1.29, 1.82) is 0 Å². The first-order chi connectivity index (χ1) is 16.2. The van der Waals surface area contributed by atoms with Gasteiger partial charge in [0.25, 0.3) is 11.7 Å². The normalized spacial score (nSPS) is 17.3. The van der Waals surface area contributed by atoms with Crippen LogP contribution in [0.5, 0.6) is 0 Å². The third kappa shape index (κ3) is 4.05. The summed E-state index contributed by atoms with van der Waals surface area (Å²) in [5.74, 6) is -4.37. The van der Waals surface area contributed by atoms with E-state index in [-0.39, 0.29) is 17.0 Å². The van der Waals surface area contributed by atoms with E-state index in [0.717, 1.165) is 34.7 Å². The van der Waals surface area contributed by atoms with E-state index in [1.54, 1.807) is 24.3 Å². The van der Waals surface area contributed by atoms with E-state index in [2.05, 4.69) is 0 Å². The van der Waals surface area contributed by atoms with Crippen LogP contribution in [0.25, 0.3) is 5.76 Å². The number of hydrogen-bond donors (Lipinski definition) is 1. The first-order valence-corrected chi connectivity index (χ1v) is 10.9. The number of aliphatic hydroxyl groups is 1. The molecular formula is C27H24F2N2O3. The van der Waals surface area contributed by atoms with Crippen LogP contribution < -0.4 is 9.80 Å². The predicted molar refractivity (Wildman–Crippen MR) is 128 cm³/mol. The minimum atomic E-state index is -1.14. The number of carbonyl (C=O) groups is 2. The van der Waals surface area contributed by atoms with E-state index in [0.29, 0.717) is 11.1 Å². The molecule has 1 unspecified atom stereocenters. The van der Waals surface area contributed by atoms with Crippen LogP contribution in [0.2, 0.25) is 0 Å². The molecule has 1 fully saturated rings. The van der Waals surface area contributed by atoms with Crippen LogP contribution >= 0.6 is 0 Å². The standard InChI is InChI=1S/C27H24F2N2O3/c1-4-16-5-7-18(8-6-16)25(32)23-24(17-9-11-19(12-10-17)30(2)3)31(27(34)26(23)33)20-13-14-21(28)22(29)15-20/h5-15,24,32H,4H2,1-3H3/b25-23+. The number of aliphatic hydroxyl groups excluding tert-OH is 1. The number of aryl methyl sites for hydroxylation is 1. The summed E-state index contributed by atoms with van der Waals surface area (Å²) in [7, 11) is 3.75. The largest absolute Gasteiger partial charge is 0.507 e. The zero-order valence-corrected chi connectivity index (χ0v) is 19.0. The molecule has 4 rings (SSSR count). The molecule has 1 saturated heterocycles. The Hall–Kier alpha value is -4.00. The molecule has 0 aliphatic carbocycles. The molecule has 1 N–H and O–H groups in total. The number of carbonyl (C=O) groups excluding carboxylic acids is 2. The third-order valence-electron chi connectivity index (χ3n) is 5.99. The SMILES string of the molecule is CCc1ccc(/C(O)=C2\C(=O)C(=O)N(c3ccc(F)c(F)c3)C2c2ccc(N(C)C)cc2)cc1. The molecule has 34 heavy (non-hydrogen) atoms. The van der Waals surface area contributed by atoms with Gasteiger partial charge >= 0.3 is 0 Å². The fraction of sp³-hybridized carbons (Fsp3) is 0.185. The Bertz CT molecular complexity index is 1280. The van der Waals surface area contributed by atoms with Gasteiger partial charge in [0.1, 0.15) is 5.76 Å². The Morgan fingerprint density at radius 1 is 0.941 bits per heavy atom. The molecule has 1 amide bonds. The molecule has 0 bridgehead atoms. The topological polar surface area (TPSA) is 60.9 Å². The van der Waals surface area contributed by atoms with Crippen molar-refractivity contribution in [1.82, 2.24) is 0 Å². The van der Waals surface area contributed by atoms with Crippen molar-refractivity contribution in [2.45, 2.75) is 19.4 Å². The first-order valence-electron chi connectivity index (χ1n) is 10.9. The highest BCUT2D eigenvalue weighted by Crippen LogP contribution is 2.42. The van der Waals surface area contributed by atoms with Crippen molar-refractivity contribution in [3.05, 3.63) is 101 Å². The van der Waals surface area contributed by atoms with Gasteiger partial charge in [-0.2, -0.15) is 0 Å². The van der Waals surface area contributed by atoms with Gasteiger partial charge in [-0.1, -0.05) is 43.3 Å². The second-order valence-corrected chi connectivity index (χ2v) is 8.30. The lowest BCUT2D eigenvalue weighted by atomic mass is 9.94. The fourth-order valence-corrected chi connectivity index (χ4v) is 4.06. The number of nitrogens with zero attached hydrogens (tertiary/aromatic N) is 2. The quantitative estimate of drug-likeness (QED) is 0.321. The zero-order chi connectivity index (χ0) is 24.6. The number of ketones is 1. The van der Waals surface area contributed by atoms with Gasteiger partial charge in [-0.3, -0.25) is 14.5 Å². The Morgan fingerprint density at radius 2 is 1.59 bits per heavy atom. The van der Waals surface area contributed by atoms with Crippen LogP contribution in [0, 0.1) is 11.6 Å². The predicted octanol–water partition coefficient (Wildman–Crippen LogP) is 5.22. The molecule has 0 radical (unpaired) electrons.